The molecule has 30 heavy (non-hydrogen) atoms. The lowest BCUT2D eigenvalue weighted by atomic mass is 10.1. The number of aromatic nitrogens is 2. The number of nitrogens with one attached hydrogen (secondary N) is 2. The summed E-state index contributed by atoms with van der Waals surface area (Å²) in [4.78, 5) is 20.5. The molecule has 0 spiro atoms. The van der Waals surface area contributed by atoms with Gasteiger partial charge in [-0.05, 0) is 42.7 Å². The number of hydrogen-bond donors (Lipinski definition) is 2. The highest BCUT2D eigenvalue weighted by atomic mass is 19.4. The summed E-state index contributed by atoms with van der Waals surface area (Å²) in [5.74, 6) is 0.406. The van der Waals surface area contributed by atoms with Crippen LogP contribution in [0.2, 0.25) is 0 Å². The van der Waals surface area contributed by atoms with Gasteiger partial charge in [-0.1, -0.05) is 24.3 Å². The van der Waals surface area contributed by atoms with Crippen molar-refractivity contribution < 1.29 is 18.0 Å². The van der Waals surface area contributed by atoms with Crippen LogP contribution in [-0.4, -0.2) is 21.9 Å². The van der Waals surface area contributed by atoms with Crippen LogP contribution in [0.4, 0.5) is 19.0 Å². The van der Waals surface area contributed by atoms with E-state index in [0.717, 1.165) is 30.5 Å². The van der Waals surface area contributed by atoms with E-state index < -0.39 is 11.7 Å². The van der Waals surface area contributed by atoms with E-state index in [0.29, 0.717) is 28.7 Å². The Morgan fingerprint density at radius 3 is 2.50 bits per heavy atom. The van der Waals surface area contributed by atoms with Crippen LogP contribution in [0.25, 0.3) is 11.3 Å². The minimum atomic E-state index is -4.38. The maximum atomic E-state index is 12.8. The van der Waals surface area contributed by atoms with Crippen molar-refractivity contribution in [2.24, 2.45) is 0 Å². The molecule has 0 saturated heterocycles. The van der Waals surface area contributed by atoms with Gasteiger partial charge < -0.3 is 10.6 Å². The molecule has 8 heteroatoms. The Kier molecular flexibility index (Phi) is 5.39. The van der Waals surface area contributed by atoms with E-state index in [4.69, 9.17) is 0 Å². The molecule has 2 N–H and O–H groups in total. The number of carbonyl (C=O) groups is 1. The summed E-state index contributed by atoms with van der Waals surface area (Å²) in [6, 6.07) is 14.3. The molecule has 1 fully saturated rings. The number of nitrogens with zero attached hydrogens (tertiary/aromatic N) is 2. The van der Waals surface area contributed by atoms with Gasteiger partial charge in [0.2, 0.25) is 0 Å². The molecular weight excluding hydrogens is 393 g/mol. The summed E-state index contributed by atoms with van der Waals surface area (Å²) in [5, 5.41) is 5.96. The molecule has 1 saturated carbocycles. The van der Waals surface area contributed by atoms with Crippen LogP contribution in [0.15, 0.2) is 60.9 Å². The topological polar surface area (TPSA) is 66.9 Å². The first kappa shape index (κ1) is 19.9. The summed E-state index contributed by atoms with van der Waals surface area (Å²) < 4.78 is 38.5. The molecule has 1 heterocycles. The molecule has 1 aliphatic rings. The third-order valence-electron chi connectivity index (χ3n) is 4.75. The van der Waals surface area contributed by atoms with Gasteiger partial charge in [0.15, 0.2) is 0 Å². The Morgan fingerprint density at radius 2 is 1.80 bits per heavy atom. The maximum absolute atomic E-state index is 12.8. The lowest BCUT2D eigenvalue weighted by molar-refractivity contribution is -0.137. The molecule has 0 unspecified atom stereocenters. The van der Waals surface area contributed by atoms with E-state index in [2.05, 4.69) is 20.6 Å². The van der Waals surface area contributed by atoms with E-state index in [1.54, 1.807) is 36.4 Å². The van der Waals surface area contributed by atoms with Gasteiger partial charge in [-0.2, -0.15) is 13.2 Å². The lowest BCUT2D eigenvalue weighted by Gasteiger charge is -2.10. The van der Waals surface area contributed by atoms with E-state index in [9.17, 15) is 18.0 Å². The minimum absolute atomic E-state index is 0.0878. The molecule has 1 aliphatic carbocycles. The quantitative estimate of drug-likeness (QED) is 0.618. The van der Waals surface area contributed by atoms with Gasteiger partial charge in [0.05, 0.1) is 11.3 Å². The van der Waals surface area contributed by atoms with Crippen LogP contribution in [-0.2, 0) is 12.7 Å². The van der Waals surface area contributed by atoms with Gasteiger partial charge in [-0.3, -0.25) is 4.79 Å². The van der Waals surface area contributed by atoms with Crippen molar-refractivity contribution in [2.75, 3.05) is 5.32 Å². The normalized spacial score (nSPS) is 13.7. The number of halogens is 3. The summed E-state index contributed by atoms with van der Waals surface area (Å²) in [7, 11) is 0. The average Bonchev–Trinajstić information content (AvgIpc) is 3.56. The molecule has 0 radical (unpaired) electrons. The number of rotatable bonds is 6. The van der Waals surface area contributed by atoms with Crippen molar-refractivity contribution in [2.45, 2.75) is 31.6 Å². The second-order valence-electron chi connectivity index (χ2n) is 7.17. The molecule has 0 aliphatic heterocycles. The van der Waals surface area contributed by atoms with Crippen molar-refractivity contribution in [3.63, 3.8) is 0 Å². The van der Waals surface area contributed by atoms with E-state index in [-0.39, 0.29) is 12.5 Å². The Bertz CT molecular complexity index is 1050. The first-order valence-corrected chi connectivity index (χ1v) is 9.52. The maximum Gasteiger partial charge on any atom is 0.416 e. The van der Waals surface area contributed by atoms with Crippen LogP contribution in [0.3, 0.4) is 0 Å². The molecular formula is C22H19F3N4O. The average molecular weight is 412 g/mol. The van der Waals surface area contributed by atoms with E-state index in [1.807, 2.05) is 0 Å². The number of benzene rings is 2. The van der Waals surface area contributed by atoms with Gasteiger partial charge >= 0.3 is 6.18 Å². The Labute approximate surface area is 171 Å². The van der Waals surface area contributed by atoms with E-state index in [1.165, 1.54) is 12.4 Å². The monoisotopic (exact) mass is 412 g/mol. The SMILES string of the molecule is O=C(NC1CC1)c1ccc(-c2cc(NCc3cccc(C(F)(F)F)c3)ncn2)cc1. The fraction of sp³-hybridized carbons (Fsp3) is 0.227. The summed E-state index contributed by atoms with van der Waals surface area (Å²) in [6.45, 7) is 0.195. The van der Waals surface area contributed by atoms with Crippen molar-refractivity contribution in [1.29, 1.82) is 0 Å². The van der Waals surface area contributed by atoms with Crippen LogP contribution in [0, 0.1) is 0 Å². The standard InChI is InChI=1S/C22H19F3N4O/c23-22(24,25)17-3-1-2-14(10-17)12-26-20-11-19(27-13-28-20)15-4-6-16(7-5-15)21(30)29-18-8-9-18/h1-7,10-11,13,18H,8-9,12H2,(H,29,30)(H,26,27,28). The second-order valence-corrected chi connectivity index (χ2v) is 7.17. The van der Waals surface area contributed by atoms with Crippen molar-refractivity contribution in [3.05, 3.63) is 77.6 Å². The number of hydrogen-bond acceptors (Lipinski definition) is 4. The fourth-order valence-corrected chi connectivity index (χ4v) is 2.95. The van der Waals surface area contributed by atoms with Crippen molar-refractivity contribution >= 4 is 11.7 Å². The predicted octanol–water partition coefficient (Wildman–Crippen LogP) is 4.67. The zero-order valence-electron chi connectivity index (χ0n) is 15.9. The first-order valence-electron chi connectivity index (χ1n) is 9.52. The molecule has 0 bridgehead atoms. The zero-order chi connectivity index (χ0) is 21.1. The summed E-state index contributed by atoms with van der Waals surface area (Å²) in [5.41, 5.74) is 1.85. The second kappa shape index (κ2) is 8.14. The molecule has 5 nitrogen and oxygen atoms in total. The predicted molar refractivity (Wildman–Crippen MR) is 107 cm³/mol. The van der Waals surface area contributed by atoms with Crippen LogP contribution in [0.5, 0.6) is 0 Å². The van der Waals surface area contributed by atoms with Gasteiger partial charge in [-0.25, -0.2) is 9.97 Å². The van der Waals surface area contributed by atoms with E-state index >= 15 is 0 Å². The molecule has 154 valence electrons. The fourth-order valence-electron chi connectivity index (χ4n) is 2.95. The highest BCUT2D eigenvalue weighted by Gasteiger charge is 2.30. The largest absolute Gasteiger partial charge is 0.416 e. The lowest BCUT2D eigenvalue weighted by Crippen LogP contribution is -2.25. The minimum Gasteiger partial charge on any atom is -0.366 e. The molecule has 1 aromatic heterocycles. The Hall–Kier alpha value is -3.42. The number of carbonyl (C=O) groups excluding carboxylic acids is 1. The van der Waals surface area contributed by atoms with Crippen LogP contribution in [0.1, 0.15) is 34.3 Å². The summed E-state index contributed by atoms with van der Waals surface area (Å²) >= 11 is 0. The Morgan fingerprint density at radius 1 is 1.03 bits per heavy atom. The smallest absolute Gasteiger partial charge is 0.366 e. The van der Waals surface area contributed by atoms with Gasteiger partial charge in [0.1, 0.15) is 12.1 Å². The van der Waals surface area contributed by atoms with Gasteiger partial charge in [0.25, 0.3) is 5.91 Å². The molecule has 3 aromatic rings. The molecule has 2 aromatic carbocycles. The number of amides is 1. The molecule has 1 amide bonds. The van der Waals surface area contributed by atoms with Crippen molar-refractivity contribution in [1.82, 2.24) is 15.3 Å². The molecule has 4 rings (SSSR count). The molecule has 0 atom stereocenters. The van der Waals surface area contributed by atoms with Gasteiger partial charge in [-0.15, -0.1) is 0 Å². The third kappa shape index (κ3) is 4.94. The number of alkyl halides is 3. The Balaban J connectivity index is 1.43. The zero-order valence-corrected chi connectivity index (χ0v) is 15.9. The van der Waals surface area contributed by atoms with Crippen molar-refractivity contribution in [3.8, 4) is 11.3 Å². The third-order valence-corrected chi connectivity index (χ3v) is 4.75. The summed E-state index contributed by atoms with van der Waals surface area (Å²) in [6.07, 6.45) is -0.931. The highest BCUT2D eigenvalue weighted by molar-refractivity contribution is 5.95. The van der Waals surface area contributed by atoms with Crippen LogP contribution >= 0.6 is 0 Å². The highest BCUT2D eigenvalue weighted by Crippen LogP contribution is 2.29. The van der Waals surface area contributed by atoms with Gasteiger partial charge in [0, 0.05) is 29.8 Å². The first-order chi connectivity index (χ1) is 14.4. The number of anilines is 1. The van der Waals surface area contributed by atoms with Crippen LogP contribution < -0.4 is 10.6 Å².